The predicted octanol–water partition coefficient (Wildman–Crippen LogP) is 2.12. The fourth-order valence-electron chi connectivity index (χ4n) is 2.07. The summed E-state index contributed by atoms with van der Waals surface area (Å²) in [6.07, 6.45) is 1.62. The molecule has 86 valence electrons. The van der Waals surface area contributed by atoms with Crippen LogP contribution in [0.25, 0.3) is 22.0 Å². The van der Waals surface area contributed by atoms with Gasteiger partial charge in [-0.3, -0.25) is 4.68 Å². The van der Waals surface area contributed by atoms with Crippen LogP contribution in [0.4, 0.5) is 5.88 Å². The van der Waals surface area contributed by atoms with Gasteiger partial charge in [-0.2, -0.15) is 5.10 Å². The standard InChI is InChI=1S/C12H12N4O/c1-7-9-4-3-8(5-11(9)16(2)15-7)10-6-14-17-12(10)13/h3-6H,13H2,1-2H3. The van der Waals surface area contributed by atoms with Crippen LogP contribution in [0.15, 0.2) is 28.9 Å². The van der Waals surface area contributed by atoms with E-state index in [0.29, 0.717) is 5.88 Å². The second-order valence-corrected chi connectivity index (χ2v) is 4.04. The van der Waals surface area contributed by atoms with Crippen LogP contribution in [0.1, 0.15) is 5.69 Å². The summed E-state index contributed by atoms with van der Waals surface area (Å²) in [5.74, 6) is 0.336. The number of hydrogen-bond acceptors (Lipinski definition) is 4. The van der Waals surface area contributed by atoms with Crippen LogP contribution in [0.5, 0.6) is 0 Å². The number of nitrogens with zero attached hydrogens (tertiary/aromatic N) is 3. The van der Waals surface area contributed by atoms with Crippen molar-refractivity contribution in [2.45, 2.75) is 6.92 Å². The van der Waals surface area contributed by atoms with Gasteiger partial charge in [0.25, 0.3) is 0 Å². The lowest BCUT2D eigenvalue weighted by Gasteiger charge is -1.99. The lowest BCUT2D eigenvalue weighted by molar-refractivity contribution is 0.436. The quantitative estimate of drug-likeness (QED) is 0.692. The van der Waals surface area contributed by atoms with E-state index in [-0.39, 0.29) is 0 Å². The van der Waals surface area contributed by atoms with Crippen molar-refractivity contribution in [2.75, 3.05) is 5.73 Å². The Bertz CT molecular complexity index is 696. The van der Waals surface area contributed by atoms with Crippen LogP contribution in [0.3, 0.4) is 0 Å². The Morgan fingerprint density at radius 2 is 2.18 bits per heavy atom. The number of fused-ring (bicyclic) bond motifs is 1. The first-order chi connectivity index (χ1) is 8.16. The minimum atomic E-state index is 0.336. The van der Waals surface area contributed by atoms with Crippen molar-refractivity contribution in [3.8, 4) is 11.1 Å². The molecule has 0 aliphatic carbocycles. The van der Waals surface area contributed by atoms with Gasteiger partial charge in [0.2, 0.25) is 5.88 Å². The first-order valence-corrected chi connectivity index (χ1v) is 5.30. The number of nitrogen functional groups attached to an aromatic ring is 1. The summed E-state index contributed by atoms with van der Waals surface area (Å²) >= 11 is 0. The Morgan fingerprint density at radius 3 is 2.88 bits per heavy atom. The first-order valence-electron chi connectivity index (χ1n) is 5.30. The molecule has 2 aromatic heterocycles. The summed E-state index contributed by atoms with van der Waals surface area (Å²) in [6, 6.07) is 6.08. The molecule has 5 nitrogen and oxygen atoms in total. The van der Waals surface area contributed by atoms with Gasteiger partial charge in [0.15, 0.2) is 0 Å². The van der Waals surface area contributed by atoms with Crippen molar-refractivity contribution in [2.24, 2.45) is 7.05 Å². The molecule has 17 heavy (non-hydrogen) atoms. The highest BCUT2D eigenvalue weighted by atomic mass is 16.5. The lowest BCUT2D eigenvalue weighted by Crippen LogP contribution is -1.90. The van der Waals surface area contributed by atoms with Crippen molar-refractivity contribution in [1.29, 1.82) is 0 Å². The molecular weight excluding hydrogens is 216 g/mol. The highest BCUT2D eigenvalue weighted by Gasteiger charge is 2.10. The van der Waals surface area contributed by atoms with Gasteiger partial charge in [-0.1, -0.05) is 17.3 Å². The Kier molecular flexibility index (Phi) is 1.95. The fourth-order valence-corrected chi connectivity index (χ4v) is 2.07. The summed E-state index contributed by atoms with van der Waals surface area (Å²) in [4.78, 5) is 0. The zero-order valence-electron chi connectivity index (χ0n) is 9.64. The third-order valence-electron chi connectivity index (χ3n) is 2.95. The zero-order chi connectivity index (χ0) is 12.0. The van der Waals surface area contributed by atoms with Gasteiger partial charge in [-0.25, -0.2) is 0 Å². The van der Waals surface area contributed by atoms with Crippen LogP contribution >= 0.6 is 0 Å². The van der Waals surface area contributed by atoms with E-state index in [1.54, 1.807) is 6.20 Å². The molecular formula is C12H12N4O. The molecule has 3 aromatic rings. The van der Waals surface area contributed by atoms with E-state index in [0.717, 1.165) is 27.7 Å². The molecule has 0 aliphatic rings. The molecule has 0 saturated heterocycles. The Morgan fingerprint density at radius 1 is 1.35 bits per heavy atom. The molecule has 1 aromatic carbocycles. The molecule has 2 N–H and O–H groups in total. The largest absolute Gasteiger partial charge is 0.367 e. The summed E-state index contributed by atoms with van der Waals surface area (Å²) < 4.78 is 6.73. The topological polar surface area (TPSA) is 69.9 Å². The van der Waals surface area contributed by atoms with Gasteiger partial charge in [0.05, 0.1) is 23.0 Å². The smallest absolute Gasteiger partial charge is 0.229 e. The van der Waals surface area contributed by atoms with E-state index in [1.165, 1.54) is 0 Å². The Balaban J connectivity index is 2.27. The molecule has 0 fully saturated rings. The summed E-state index contributed by atoms with van der Waals surface area (Å²) in [5.41, 5.74) is 9.60. The van der Waals surface area contributed by atoms with Crippen molar-refractivity contribution in [3.05, 3.63) is 30.1 Å². The van der Waals surface area contributed by atoms with E-state index in [9.17, 15) is 0 Å². The minimum Gasteiger partial charge on any atom is -0.367 e. The second-order valence-electron chi connectivity index (χ2n) is 4.04. The maximum atomic E-state index is 5.71. The number of hydrogen-bond donors (Lipinski definition) is 1. The second kappa shape index (κ2) is 3.35. The molecule has 0 amide bonds. The Hall–Kier alpha value is -2.30. The zero-order valence-corrected chi connectivity index (χ0v) is 9.64. The summed E-state index contributed by atoms with van der Waals surface area (Å²) in [7, 11) is 1.93. The molecule has 5 heteroatoms. The van der Waals surface area contributed by atoms with Crippen molar-refractivity contribution >= 4 is 16.8 Å². The van der Waals surface area contributed by atoms with Crippen LogP contribution in [0.2, 0.25) is 0 Å². The first kappa shape index (κ1) is 9.89. The van der Waals surface area contributed by atoms with E-state index in [4.69, 9.17) is 10.3 Å². The van der Waals surface area contributed by atoms with Gasteiger partial charge in [-0.15, -0.1) is 0 Å². The third kappa shape index (κ3) is 1.39. The molecule has 0 atom stereocenters. The number of aryl methyl sites for hydroxylation is 2. The lowest BCUT2D eigenvalue weighted by atomic mass is 10.1. The van der Waals surface area contributed by atoms with Crippen LogP contribution in [-0.4, -0.2) is 14.9 Å². The van der Waals surface area contributed by atoms with E-state index in [1.807, 2.05) is 36.9 Å². The maximum absolute atomic E-state index is 5.71. The highest BCUT2D eigenvalue weighted by Crippen LogP contribution is 2.29. The monoisotopic (exact) mass is 228 g/mol. The molecule has 0 radical (unpaired) electrons. The summed E-state index contributed by atoms with van der Waals surface area (Å²) in [6.45, 7) is 2.00. The van der Waals surface area contributed by atoms with Crippen LogP contribution in [0, 0.1) is 6.92 Å². The van der Waals surface area contributed by atoms with E-state index < -0.39 is 0 Å². The van der Waals surface area contributed by atoms with Crippen molar-refractivity contribution in [3.63, 3.8) is 0 Å². The van der Waals surface area contributed by atoms with Gasteiger partial charge in [0.1, 0.15) is 0 Å². The maximum Gasteiger partial charge on any atom is 0.229 e. The third-order valence-corrected chi connectivity index (χ3v) is 2.95. The number of aromatic nitrogens is 3. The number of benzene rings is 1. The molecule has 0 spiro atoms. The van der Waals surface area contributed by atoms with Crippen LogP contribution < -0.4 is 5.73 Å². The molecule has 0 aliphatic heterocycles. The predicted molar refractivity (Wildman–Crippen MR) is 65.4 cm³/mol. The average Bonchev–Trinajstić information content (AvgIpc) is 2.84. The van der Waals surface area contributed by atoms with Crippen LogP contribution in [-0.2, 0) is 7.05 Å². The summed E-state index contributed by atoms with van der Waals surface area (Å²) in [5, 5.41) is 9.21. The highest BCUT2D eigenvalue weighted by molar-refractivity contribution is 5.87. The molecule has 0 bridgehead atoms. The molecule has 3 rings (SSSR count). The number of anilines is 1. The van der Waals surface area contributed by atoms with Gasteiger partial charge in [-0.05, 0) is 18.6 Å². The van der Waals surface area contributed by atoms with E-state index >= 15 is 0 Å². The van der Waals surface area contributed by atoms with E-state index in [2.05, 4.69) is 10.3 Å². The Labute approximate surface area is 97.8 Å². The average molecular weight is 228 g/mol. The fraction of sp³-hybridized carbons (Fsp3) is 0.167. The number of nitrogens with two attached hydrogens (primary N) is 1. The van der Waals surface area contributed by atoms with Gasteiger partial charge in [0, 0.05) is 12.4 Å². The van der Waals surface area contributed by atoms with Crippen molar-refractivity contribution < 1.29 is 4.52 Å². The van der Waals surface area contributed by atoms with Gasteiger partial charge >= 0.3 is 0 Å². The van der Waals surface area contributed by atoms with Crippen molar-refractivity contribution in [1.82, 2.24) is 14.9 Å². The normalized spacial score (nSPS) is 11.2. The number of rotatable bonds is 1. The molecule has 2 heterocycles. The molecule has 0 saturated carbocycles. The van der Waals surface area contributed by atoms with Gasteiger partial charge < -0.3 is 10.3 Å². The SMILES string of the molecule is Cc1nn(C)c2cc(-c3cnoc3N)ccc12. The minimum absolute atomic E-state index is 0.336. The molecule has 0 unspecified atom stereocenters.